The number of amides is 1. The minimum Gasteiger partial charge on any atom is -0.496 e. The van der Waals surface area contributed by atoms with Crippen molar-refractivity contribution in [2.24, 2.45) is 4.99 Å². The highest BCUT2D eigenvalue weighted by Gasteiger charge is 2.37. The van der Waals surface area contributed by atoms with Crippen LogP contribution in [0.25, 0.3) is 0 Å². The van der Waals surface area contributed by atoms with Gasteiger partial charge in [-0.1, -0.05) is 30.3 Å². The predicted molar refractivity (Wildman–Crippen MR) is 133 cm³/mol. The Morgan fingerprint density at radius 3 is 2.58 bits per heavy atom. The minimum atomic E-state index is -0.159. The van der Waals surface area contributed by atoms with Crippen LogP contribution in [0.1, 0.15) is 41.6 Å². The van der Waals surface area contributed by atoms with E-state index >= 15 is 0 Å². The minimum absolute atomic E-state index is 0.131. The van der Waals surface area contributed by atoms with E-state index in [-0.39, 0.29) is 17.4 Å². The monoisotopic (exact) mass is 465 g/mol. The molecule has 0 radical (unpaired) electrons. The van der Waals surface area contributed by atoms with Crippen LogP contribution in [0.3, 0.4) is 0 Å². The Morgan fingerprint density at radius 1 is 1.24 bits per heavy atom. The molecule has 1 aliphatic rings. The van der Waals surface area contributed by atoms with Crippen molar-refractivity contribution in [3.8, 4) is 11.9 Å². The van der Waals surface area contributed by atoms with Gasteiger partial charge in [0.25, 0.3) is 5.91 Å². The summed E-state index contributed by atoms with van der Waals surface area (Å²) >= 11 is 1.61. The molecular weight excluding hydrogens is 434 g/mol. The number of guanidine groups is 1. The Hall–Kier alpha value is -3.18. The zero-order valence-electron chi connectivity index (χ0n) is 19.4. The normalized spacial score (nSPS) is 20.4. The number of benzene rings is 2. The Bertz CT molecular complexity index is 1010. The standard InChI is InChI=1S/C25H31N5O2S/c1-27-24(29-17-26)30-19-11-13-25(14-12-19,18-7-5-4-6-8-18)16-28-23(31)21-10-9-20(33-3)15-22(21)32-2/h4-10,15,19H,11-14,16H2,1-3H3,(H,28,31)(H2,27,29,30)/t19-,25-. The number of hydrogen-bond donors (Lipinski definition) is 3. The summed E-state index contributed by atoms with van der Waals surface area (Å²) in [5.41, 5.74) is 1.61. The molecule has 3 rings (SSSR count). The van der Waals surface area contributed by atoms with Crippen LogP contribution in [-0.4, -0.2) is 44.9 Å². The van der Waals surface area contributed by atoms with E-state index in [0.717, 1.165) is 30.6 Å². The summed E-state index contributed by atoms with van der Waals surface area (Å²) in [4.78, 5) is 17.9. The van der Waals surface area contributed by atoms with Gasteiger partial charge in [-0.3, -0.25) is 4.79 Å². The number of nitriles is 1. The Kier molecular flexibility index (Phi) is 8.61. The second kappa shape index (κ2) is 11.6. The molecule has 33 heavy (non-hydrogen) atoms. The van der Waals surface area contributed by atoms with Gasteiger partial charge in [0.05, 0.1) is 12.7 Å². The van der Waals surface area contributed by atoms with Gasteiger partial charge < -0.3 is 20.7 Å². The summed E-state index contributed by atoms with van der Waals surface area (Å²) in [6.07, 6.45) is 7.43. The highest BCUT2D eigenvalue weighted by molar-refractivity contribution is 7.98. The number of methoxy groups -OCH3 is 1. The summed E-state index contributed by atoms with van der Waals surface area (Å²) in [6, 6.07) is 16.3. The number of rotatable bonds is 7. The molecule has 0 atom stereocenters. The van der Waals surface area contributed by atoms with Gasteiger partial charge in [0.1, 0.15) is 5.75 Å². The fourth-order valence-corrected chi connectivity index (χ4v) is 4.84. The molecule has 8 heteroatoms. The molecule has 1 amide bonds. The SMILES string of the molecule is CN/C(=N\C#N)N[C@H]1CC[C@](CNC(=O)c2ccc(SC)cc2OC)(c2ccccc2)CC1. The number of nitrogens with zero attached hydrogens (tertiary/aromatic N) is 2. The van der Waals surface area contributed by atoms with Crippen LogP contribution in [0.4, 0.5) is 0 Å². The van der Waals surface area contributed by atoms with E-state index in [4.69, 9.17) is 10.00 Å². The first-order valence-electron chi connectivity index (χ1n) is 11.0. The average Bonchev–Trinajstić information content (AvgIpc) is 2.88. The summed E-state index contributed by atoms with van der Waals surface area (Å²) < 4.78 is 5.47. The van der Waals surface area contributed by atoms with Gasteiger partial charge >= 0.3 is 0 Å². The third-order valence-electron chi connectivity index (χ3n) is 6.31. The molecule has 1 aliphatic carbocycles. The Morgan fingerprint density at radius 2 is 1.97 bits per heavy atom. The molecule has 0 unspecified atom stereocenters. The lowest BCUT2D eigenvalue weighted by Gasteiger charge is -2.41. The quantitative estimate of drug-likeness (QED) is 0.250. The summed E-state index contributed by atoms with van der Waals surface area (Å²) in [5.74, 6) is 0.940. The summed E-state index contributed by atoms with van der Waals surface area (Å²) in [5, 5.41) is 18.3. The molecule has 2 aromatic rings. The van der Waals surface area contributed by atoms with E-state index in [9.17, 15) is 4.79 Å². The fraction of sp³-hybridized carbons (Fsp3) is 0.400. The number of hydrogen-bond acceptors (Lipinski definition) is 5. The van der Waals surface area contributed by atoms with Crippen molar-refractivity contribution in [2.45, 2.75) is 42.0 Å². The average molecular weight is 466 g/mol. The van der Waals surface area contributed by atoms with E-state index in [1.54, 1.807) is 25.9 Å². The van der Waals surface area contributed by atoms with Crippen LogP contribution in [0.5, 0.6) is 5.75 Å². The second-order valence-corrected chi connectivity index (χ2v) is 9.00. The molecule has 0 aromatic heterocycles. The molecule has 0 bridgehead atoms. The highest BCUT2D eigenvalue weighted by atomic mass is 32.2. The van der Waals surface area contributed by atoms with Gasteiger partial charge in [-0.25, -0.2) is 0 Å². The lowest BCUT2D eigenvalue weighted by atomic mass is 9.68. The maximum atomic E-state index is 13.1. The van der Waals surface area contributed by atoms with E-state index in [1.807, 2.05) is 48.8 Å². The molecule has 0 saturated heterocycles. The number of carbonyl (C=O) groups excluding carboxylic acids is 1. The number of aliphatic imine (C=N–C) groups is 1. The van der Waals surface area contributed by atoms with Gasteiger partial charge in [0.15, 0.2) is 0 Å². The third kappa shape index (κ3) is 5.99. The van der Waals surface area contributed by atoms with Crippen LogP contribution in [0.2, 0.25) is 0 Å². The van der Waals surface area contributed by atoms with E-state index in [2.05, 4.69) is 33.1 Å². The van der Waals surface area contributed by atoms with Crippen molar-refractivity contribution in [3.63, 3.8) is 0 Å². The van der Waals surface area contributed by atoms with E-state index in [0.29, 0.717) is 23.8 Å². The van der Waals surface area contributed by atoms with E-state index < -0.39 is 0 Å². The van der Waals surface area contributed by atoms with Crippen molar-refractivity contribution < 1.29 is 9.53 Å². The second-order valence-electron chi connectivity index (χ2n) is 8.12. The Labute approximate surface area is 200 Å². The van der Waals surface area contributed by atoms with Crippen molar-refractivity contribution >= 4 is 23.6 Å². The lowest BCUT2D eigenvalue weighted by Crippen LogP contribution is -2.49. The number of nitrogens with one attached hydrogen (secondary N) is 3. The zero-order chi connectivity index (χ0) is 23.7. The van der Waals surface area contributed by atoms with Crippen LogP contribution in [-0.2, 0) is 5.41 Å². The molecule has 0 aliphatic heterocycles. The fourth-order valence-electron chi connectivity index (χ4n) is 4.41. The molecule has 0 spiro atoms. The van der Waals surface area contributed by atoms with Crippen molar-refractivity contribution in [3.05, 3.63) is 59.7 Å². The van der Waals surface area contributed by atoms with Crippen molar-refractivity contribution in [1.29, 1.82) is 5.26 Å². The number of thioether (sulfide) groups is 1. The van der Waals surface area contributed by atoms with Gasteiger partial charge in [0.2, 0.25) is 12.2 Å². The first-order chi connectivity index (χ1) is 16.0. The van der Waals surface area contributed by atoms with E-state index in [1.165, 1.54) is 5.56 Å². The molecule has 3 N–H and O–H groups in total. The molecule has 2 aromatic carbocycles. The first kappa shape index (κ1) is 24.5. The molecular formula is C25H31N5O2S. The lowest BCUT2D eigenvalue weighted by molar-refractivity contribution is 0.0932. The number of carbonyl (C=O) groups is 1. The maximum Gasteiger partial charge on any atom is 0.255 e. The molecule has 1 fully saturated rings. The molecule has 7 nitrogen and oxygen atoms in total. The molecule has 174 valence electrons. The summed E-state index contributed by atoms with van der Waals surface area (Å²) in [7, 11) is 3.33. The van der Waals surface area contributed by atoms with Gasteiger partial charge in [0, 0.05) is 29.9 Å². The zero-order valence-corrected chi connectivity index (χ0v) is 20.2. The molecule has 0 heterocycles. The maximum absolute atomic E-state index is 13.1. The van der Waals surface area contributed by atoms with Gasteiger partial charge in [-0.05, 0) is 55.7 Å². The largest absolute Gasteiger partial charge is 0.496 e. The van der Waals surface area contributed by atoms with Crippen molar-refractivity contribution in [1.82, 2.24) is 16.0 Å². The van der Waals surface area contributed by atoms with Crippen LogP contribution < -0.4 is 20.7 Å². The first-order valence-corrected chi connectivity index (χ1v) is 12.2. The van der Waals surface area contributed by atoms with Gasteiger partial charge in [-0.15, -0.1) is 16.8 Å². The highest BCUT2D eigenvalue weighted by Crippen LogP contribution is 2.39. The molecule has 1 saturated carbocycles. The van der Waals surface area contributed by atoms with Crippen LogP contribution in [0.15, 0.2) is 58.4 Å². The Balaban J connectivity index is 1.75. The van der Waals surface area contributed by atoms with Crippen LogP contribution >= 0.6 is 11.8 Å². The van der Waals surface area contributed by atoms with Crippen molar-refractivity contribution in [2.75, 3.05) is 27.0 Å². The topological polar surface area (TPSA) is 98.5 Å². The van der Waals surface area contributed by atoms with Gasteiger partial charge in [-0.2, -0.15) is 5.26 Å². The smallest absolute Gasteiger partial charge is 0.255 e. The van der Waals surface area contributed by atoms with Crippen LogP contribution in [0, 0.1) is 11.5 Å². The third-order valence-corrected chi connectivity index (χ3v) is 7.03. The predicted octanol–water partition coefficient (Wildman–Crippen LogP) is 3.67. The number of ether oxygens (including phenoxy) is 1. The summed E-state index contributed by atoms with van der Waals surface area (Å²) in [6.45, 7) is 0.543.